The maximum atomic E-state index is 13.7. The van der Waals surface area contributed by atoms with Crippen molar-refractivity contribution in [3.63, 3.8) is 0 Å². The normalized spacial score (nSPS) is 32.4. The Morgan fingerprint density at radius 2 is 1.80 bits per heavy atom. The van der Waals surface area contributed by atoms with E-state index in [-0.39, 0.29) is 35.3 Å². The Bertz CT molecular complexity index is 1320. The van der Waals surface area contributed by atoms with Crippen LogP contribution in [0, 0.1) is 28.6 Å². The third-order valence-electron chi connectivity index (χ3n) is 10.7. The zero-order chi connectivity index (χ0) is 28.2. The van der Waals surface area contributed by atoms with Crippen molar-refractivity contribution in [2.45, 2.75) is 90.2 Å². The zero-order valence-corrected chi connectivity index (χ0v) is 23.9. The number of nitrogens with zero attached hydrogens (tertiary/aromatic N) is 2. The second kappa shape index (κ2) is 10.1. The van der Waals surface area contributed by atoms with Crippen LogP contribution in [0.4, 0.5) is 0 Å². The number of carbonyl (C=O) groups excluding carboxylic acids is 2. The van der Waals surface area contributed by atoms with Gasteiger partial charge in [-0.1, -0.05) is 13.3 Å². The molecule has 4 fully saturated rings. The molecule has 216 valence electrons. The number of rotatable bonds is 8. The number of nitrogens with one attached hydrogen (secondary N) is 2. The summed E-state index contributed by atoms with van der Waals surface area (Å²) in [6.45, 7) is 4.75. The van der Waals surface area contributed by atoms with Crippen LogP contribution >= 0.6 is 0 Å². The van der Waals surface area contributed by atoms with Crippen molar-refractivity contribution in [1.29, 1.82) is 0 Å². The van der Waals surface area contributed by atoms with Gasteiger partial charge in [-0.15, -0.1) is 0 Å². The molecule has 4 aliphatic carbocycles. The maximum absolute atomic E-state index is 13.7. The Labute approximate surface area is 235 Å². The Morgan fingerprint density at radius 3 is 2.48 bits per heavy atom. The summed E-state index contributed by atoms with van der Waals surface area (Å²) < 4.78 is 8.18. The van der Waals surface area contributed by atoms with Crippen LogP contribution in [0.3, 0.4) is 0 Å². The van der Waals surface area contributed by atoms with Gasteiger partial charge in [-0.3, -0.25) is 19.1 Å². The highest BCUT2D eigenvalue weighted by Gasteiger charge is 2.51. The second-order valence-electron chi connectivity index (χ2n) is 13.6. The Kier molecular flexibility index (Phi) is 6.82. The van der Waals surface area contributed by atoms with Crippen LogP contribution in [-0.2, 0) is 16.6 Å². The number of aliphatic carboxylic acids is 1. The number of benzene rings is 1. The Hall–Kier alpha value is -3.10. The summed E-state index contributed by atoms with van der Waals surface area (Å²) in [7, 11) is 1.85. The fraction of sp³-hybridized carbons (Fsp3) is 0.677. The predicted molar refractivity (Wildman–Crippen MR) is 150 cm³/mol. The first-order valence-electron chi connectivity index (χ1n) is 15.0. The molecule has 2 aromatic rings. The number of hydrogen-bond acceptors (Lipinski definition) is 5. The van der Waals surface area contributed by atoms with Crippen LogP contribution in [0.2, 0.25) is 0 Å². The number of carboxylic acids is 1. The minimum atomic E-state index is -0.761. The molecular formula is C31H42N4O5. The van der Waals surface area contributed by atoms with E-state index in [0.717, 1.165) is 43.0 Å². The molecular weight excluding hydrogens is 508 g/mol. The summed E-state index contributed by atoms with van der Waals surface area (Å²) >= 11 is 0. The number of fused-ring (bicyclic) bond motifs is 3. The summed E-state index contributed by atoms with van der Waals surface area (Å²) in [6.07, 6.45) is 10.6. The van der Waals surface area contributed by atoms with E-state index in [2.05, 4.69) is 22.7 Å². The molecule has 0 radical (unpaired) electrons. The lowest BCUT2D eigenvalue weighted by atomic mass is 9.70. The van der Waals surface area contributed by atoms with Crippen molar-refractivity contribution in [2.24, 2.45) is 35.6 Å². The zero-order valence-electron chi connectivity index (χ0n) is 23.9. The standard InChI is InChI=1S/C31H42N4O5/c1-30(9-4-10-30)17-32-28(37)24-18-5-6-19(13-18)25(24)34-27(36)20-14-21-16-33-35(3)26(21)23(15-20)40-22-7-11-31(2,12-8-22)29(38)39/h14-16,18-19,22,24-25H,4-13,17H2,1-3H3,(H,32,37)(H,34,36)(H,38,39)/t18-,19+,22-,24+,25-,31+/m1/s1. The molecule has 0 aliphatic heterocycles. The van der Waals surface area contributed by atoms with Crippen molar-refractivity contribution in [3.8, 4) is 5.75 Å². The van der Waals surface area contributed by atoms with Gasteiger partial charge >= 0.3 is 5.97 Å². The lowest BCUT2D eigenvalue weighted by molar-refractivity contribution is -0.150. The van der Waals surface area contributed by atoms with E-state index in [4.69, 9.17) is 4.74 Å². The van der Waals surface area contributed by atoms with Gasteiger partial charge in [-0.25, -0.2) is 0 Å². The third kappa shape index (κ3) is 4.85. The topological polar surface area (TPSA) is 123 Å². The van der Waals surface area contributed by atoms with Crippen LogP contribution in [0.5, 0.6) is 5.75 Å². The molecule has 0 saturated heterocycles. The minimum Gasteiger partial charge on any atom is -0.488 e. The van der Waals surface area contributed by atoms with Crippen LogP contribution < -0.4 is 15.4 Å². The van der Waals surface area contributed by atoms with Gasteiger partial charge in [-0.05, 0) is 94.1 Å². The van der Waals surface area contributed by atoms with Gasteiger partial charge in [0.25, 0.3) is 5.91 Å². The lowest BCUT2D eigenvalue weighted by Gasteiger charge is -2.39. The second-order valence-corrected chi connectivity index (χ2v) is 13.6. The lowest BCUT2D eigenvalue weighted by Crippen LogP contribution is -2.51. The van der Waals surface area contributed by atoms with Gasteiger partial charge in [0, 0.05) is 30.6 Å². The van der Waals surface area contributed by atoms with E-state index >= 15 is 0 Å². The molecule has 40 heavy (non-hydrogen) atoms. The largest absolute Gasteiger partial charge is 0.488 e. The first-order valence-corrected chi connectivity index (χ1v) is 15.0. The van der Waals surface area contributed by atoms with Crippen LogP contribution in [-0.4, -0.2) is 51.4 Å². The van der Waals surface area contributed by atoms with Gasteiger partial charge in [0.15, 0.2) is 0 Å². The highest BCUT2D eigenvalue weighted by atomic mass is 16.5. The SMILES string of the molecule is Cn1ncc2cc(C(=O)N[C@@H]3[C@H]4CC[C@H](C4)[C@@H]3C(=O)NCC3(C)CCC3)cc(O[C@H]3CC[C@@](C)(C(=O)O)CC3)c21. The van der Waals surface area contributed by atoms with Crippen molar-refractivity contribution in [2.75, 3.05) is 6.54 Å². The molecule has 0 unspecified atom stereocenters. The molecule has 1 aromatic heterocycles. The van der Waals surface area contributed by atoms with Gasteiger partial charge in [0.1, 0.15) is 11.3 Å². The molecule has 0 spiro atoms. The maximum Gasteiger partial charge on any atom is 0.309 e. The van der Waals surface area contributed by atoms with Crippen molar-refractivity contribution >= 4 is 28.7 Å². The quantitative estimate of drug-likeness (QED) is 0.447. The third-order valence-corrected chi connectivity index (χ3v) is 10.7. The average Bonchev–Trinajstić information content (AvgIpc) is 3.62. The van der Waals surface area contributed by atoms with Gasteiger partial charge in [-0.2, -0.15) is 5.10 Å². The molecule has 9 nitrogen and oxygen atoms in total. The van der Waals surface area contributed by atoms with Crippen LogP contribution in [0.25, 0.3) is 10.9 Å². The molecule has 1 heterocycles. The molecule has 1 aromatic carbocycles. The fourth-order valence-electron chi connectivity index (χ4n) is 7.73. The van der Waals surface area contributed by atoms with Gasteiger partial charge in [0.05, 0.1) is 23.6 Å². The van der Waals surface area contributed by atoms with E-state index in [0.29, 0.717) is 55.4 Å². The average molecular weight is 551 g/mol. The molecule has 2 bridgehead atoms. The Morgan fingerprint density at radius 1 is 1.07 bits per heavy atom. The molecule has 4 aliphatic rings. The van der Waals surface area contributed by atoms with E-state index in [1.54, 1.807) is 23.9 Å². The summed E-state index contributed by atoms with van der Waals surface area (Å²) in [5, 5.41) is 21.3. The number of carboxylic acid groups (broad SMARTS) is 1. The molecule has 4 atom stereocenters. The van der Waals surface area contributed by atoms with Gasteiger partial charge < -0.3 is 20.5 Å². The summed E-state index contributed by atoms with van der Waals surface area (Å²) in [4.78, 5) is 38.7. The number of carbonyl (C=O) groups is 3. The van der Waals surface area contributed by atoms with Crippen LogP contribution in [0.1, 0.15) is 88.4 Å². The first-order chi connectivity index (χ1) is 19.1. The molecule has 4 saturated carbocycles. The Balaban J connectivity index is 1.18. The van der Waals surface area contributed by atoms with Crippen LogP contribution in [0.15, 0.2) is 18.3 Å². The number of ether oxygens (including phenoxy) is 1. The number of hydrogen-bond donors (Lipinski definition) is 3. The summed E-state index contributed by atoms with van der Waals surface area (Å²) in [6, 6.07) is 3.46. The van der Waals surface area contributed by atoms with E-state index in [1.165, 1.54) is 6.42 Å². The number of amides is 2. The molecule has 6 rings (SSSR count). The first kappa shape index (κ1) is 27.1. The van der Waals surface area contributed by atoms with Crippen molar-refractivity contribution in [1.82, 2.24) is 20.4 Å². The molecule has 3 N–H and O–H groups in total. The van der Waals surface area contributed by atoms with E-state index in [1.807, 2.05) is 13.1 Å². The summed E-state index contributed by atoms with van der Waals surface area (Å²) in [5.41, 5.74) is 0.796. The fourth-order valence-corrected chi connectivity index (χ4v) is 7.73. The highest BCUT2D eigenvalue weighted by Crippen LogP contribution is 2.49. The number of aromatic nitrogens is 2. The van der Waals surface area contributed by atoms with E-state index < -0.39 is 11.4 Å². The predicted octanol–water partition coefficient (Wildman–Crippen LogP) is 4.44. The molecule has 2 amide bonds. The smallest absolute Gasteiger partial charge is 0.309 e. The molecule has 9 heteroatoms. The van der Waals surface area contributed by atoms with E-state index in [9.17, 15) is 19.5 Å². The summed E-state index contributed by atoms with van der Waals surface area (Å²) in [5.74, 6) is 0.183. The number of aryl methyl sites for hydroxylation is 1. The van der Waals surface area contributed by atoms with Gasteiger partial charge in [0.2, 0.25) is 5.91 Å². The monoisotopic (exact) mass is 550 g/mol. The minimum absolute atomic E-state index is 0.0861. The van der Waals surface area contributed by atoms with Crippen molar-refractivity contribution < 1.29 is 24.2 Å². The highest BCUT2D eigenvalue weighted by molar-refractivity contribution is 6.00. The van der Waals surface area contributed by atoms with Crippen molar-refractivity contribution in [3.05, 3.63) is 23.9 Å².